The Morgan fingerprint density at radius 2 is 1.76 bits per heavy atom. The molecule has 1 atom stereocenters. The molecule has 29 heavy (non-hydrogen) atoms. The molecule has 1 aromatic heterocycles. The first-order chi connectivity index (χ1) is 14.1. The number of nitrogens with zero attached hydrogens (tertiary/aromatic N) is 2. The fourth-order valence-corrected chi connectivity index (χ4v) is 3.31. The number of nitrogens with one attached hydrogen (secondary N) is 1. The third-order valence-electron chi connectivity index (χ3n) is 4.76. The topological polar surface area (TPSA) is 80.8 Å². The summed E-state index contributed by atoms with van der Waals surface area (Å²) >= 11 is 0. The fourth-order valence-electron chi connectivity index (χ4n) is 3.31. The van der Waals surface area contributed by atoms with Gasteiger partial charge in [0.1, 0.15) is 5.75 Å². The van der Waals surface area contributed by atoms with Crippen LogP contribution in [0.1, 0.15) is 32.6 Å². The second-order valence-corrected chi connectivity index (χ2v) is 6.43. The average molecular weight is 389 g/mol. The molecular formula is C22H19N3O4. The number of pyridine rings is 1. The van der Waals surface area contributed by atoms with E-state index in [4.69, 9.17) is 9.47 Å². The number of fused-ring (bicyclic) bond motifs is 1. The summed E-state index contributed by atoms with van der Waals surface area (Å²) in [5, 5.41) is 3.35. The van der Waals surface area contributed by atoms with E-state index in [9.17, 15) is 9.59 Å². The van der Waals surface area contributed by atoms with Gasteiger partial charge in [0.15, 0.2) is 6.17 Å². The molecule has 0 spiro atoms. The quantitative estimate of drug-likeness (QED) is 0.671. The lowest BCUT2D eigenvalue weighted by atomic mass is 10.2. The summed E-state index contributed by atoms with van der Waals surface area (Å²) < 4.78 is 9.94. The van der Waals surface area contributed by atoms with Crippen molar-refractivity contribution in [1.29, 1.82) is 0 Å². The third-order valence-corrected chi connectivity index (χ3v) is 4.76. The minimum Gasteiger partial charge on any atom is -0.497 e. The summed E-state index contributed by atoms with van der Waals surface area (Å²) in [5.74, 6) is 0.167. The maximum absolute atomic E-state index is 13.1. The Balaban J connectivity index is 1.69. The summed E-state index contributed by atoms with van der Waals surface area (Å²) in [5.41, 5.74) is 3.10. The van der Waals surface area contributed by atoms with Crippen molar-refractivity contribution in [3.63, 3.8) is 0 Å². The maximum atomic E-state index is 13.1. The zero-order valence-corrected chi connectivity index (χ0v) is 16.0. The molecule has 0 saturated heterocycles. The van der Waals surface area contributed by atoms with E-state index < -0.39 is 12.1 Å². The molecule has 1 N–H and O–H groups in total. The molecule has 7 heteroatoms. The summed E-state index contributed by atoms with van der Waals surface area (Å²) in [4.78, 5) is 30.8. The predicted molar refractivity (Wildman–Crippen MR) is 108 cm³/mol. The highest BCUT2D eigenvalue weighted by Gasteiger charge is 2.39. The van der Waals surface area contributed by atoms with E-state index in [1.807, 2.05) is 12.1 Å². The van der Waals surface area contributed by atoms with E-state index in [1.54, 1.807) is 66.7 Å². The van der Waals surface area contributed by atoms with Crippen molar-refractivity contribution >= 4 is 23.3 Å². The van der Waals surface area contributed by atoms with Crippen molar-refractivity contribution in [2.75, 3.05) is 24.4 Å². The number of hydrogen-bond donors (Lipinski definition) is 1. The molecule has 0 bridgehead atoms. The molecule has 0 radical (unpaired) electrons. The van der Waals surface area contributed by atoms with Crippen molar-refractivity contribution < 1.29 is 19.1 Å². The highest BCUT2D eigenvalue weighted by molar-refractivity contribution is 6.11. The zero-order chi connectivity index (χ0) is 20.4. The van der Waals surface area contributed by atoms with Crippen LogP contribution in [0.2, 0.25) is 0 Å². The predicted octanol–water partition coefficient (Wildman–Crippen LogP) is 3.65. The summed E-state index contributed by atoms with van der Waals surface area (Å²) in [6.45, 7) is 0. The van der Waals surface area contributed by atoms with Gasteiger partial charge in [-0.1, -0.05) is 0 Å². The van der Waals surface area contributed by atoms with Crippen LogP contribution in [-0.4, -0.2) is 31.1 Å². The van der Waals surface area contributed by atoms with E-state index in [0.717, 1.165) is 11.4 Å². The lowest BCUT2D eigenvalue weighted by Crippen LogP contribution is -2.32. The summed E-state index contributed by atoms with van der Waals surface area (Å²) in [7, 11) is 2.94. The normalized spacial score (nSPS) is 15.0. The number of carbonyl (C=O) groups excluding carboxylic acids is 2. The number of aromatic nitrogens is 1. The number of carbonyl (C=O) groups is 2. The number of esters is 1. The van der Waals surface area contributed by atoms with E-state index in [2.05, 4.69) is 10.3 Å². The Morgan fingerprint density at radius 1 is 1.03 bits per heavy atom. The van der Waals surface area contributed by atoms with Gasteiger partial charge in [0, 0.05) is 17.6 Å². The van der Waals surface area contributed by atoms with Crippen molar-refractivity contribution in [1.82, 2.24) is 4.98 Å². The molecule has 2 heterocycles. The molecule has 2 aromatic carbocycles. The van der Waals surface area contributed by atoms with Crippen LogP contribution < -0.4 is 15.0 Å². The van der Waals surface area contributed by atoms with Gasteiger partial charge >= 0.3 is 5.97 Å². The van der Waals surface area contributed by atoms with Crippen LogP contribution in [0.15, 0.2) is 66.9 Å². The van der Waals surface area contributed by atoms with Crippen LogP contribution in [0.3, 0.4) is 0 Å². The van der Waals surface area contributed by atoms with Gasteiger partial charge in [0.2, 0.25) is 0 Å². The highest BCUT2D eigenvalue weighted by atomic mass is 16.5. The molecule has 4 rings (SSSR count). The SMILES string of the molecule is COC(=O)c1ccc(NC2c3ncccc3C(=O)N2c2ccc(OC)cc2)cc1. The third kappa shape index (κ3) is 3.38. The van der Waals surface area contributed by atoms with Gasteiger partial charge in [-0.05, 0) is 60.7 Å². The standard InChI is InChI=1S/C22H19N3O4/c1-28-17-11-9-16(10-12-17)25-20(19-18(21(25)26)4-3-13-23-19)24-15-7-5-14(6-8-15)22(27)29-2/h3-13,20,24H,1-2H3. The molecule has 0 fully saturated rings. The van der Waals surface area contributed by atoms with Gasteiger partial charge in [0.25, 0.3) is 5.91 Å². The zero-order valence-electron chi connectivity index (χ0n) is 16.0. The van der Waals surface area contributed by atoms with E-state index >= 15 is 0 Å². The first kappa shape index (κ1) is 18.5. The number of anilines is 2. The first-order valence-electron chi connectivity index (χ1n) is 9.00. The highest BCUT2D eigenvalue weighted by Crippen LogP contribution is 2.37. The van der Waals surface area contributed by atoms with Gasteiger partial charge < -0.3 is 14.8 Å². The Morgan fingerprint density at radius 3 is 2.41 bits per heavy atom. The lowest BCUT2D eigenvalue weighted by molar-refractivity contribution is 0.0600. The van der Waals surface area contributed by atoms with E-state index in [1.165, 1.54) is 7.11 Å². The summed E-state index contributed by atoms with van der Waals surface area (Å²) in [6, 6.07) is 17.7. The van der Waals surface area contributed by atoms with E-state index in [0.29, 0.717) is 22.6 Å². The van der Waals surface area contributed by atoms with Crippen molar-refractivity contribution in [2.45, 2.75) is 6.17 Å². The number of methoxy groups -OCH3 is 2. The van der Waals surface area contributed by atoms with Crippen LogP contribution in [-0.2, 0) is 4.74 Å². The average Bonchev–Trinajstić information content (AvgIpc) is 3.05. The van der Waals surface area contributed by atoms with Crippen LogP contribution in [0.25, 0.3) is 0 Å². The molecule has 0 saturated carbocycles. The van der Waals surface area contributed by atoms with Crippen molar-refractivity contribution in [2.24, 2.45) is 0 Å². The number of amides is 1. The summed E-state index contributed by atoms with van der Waals surface area (Å²) in [6.07, 6.45) is 1.18. The largest absolute Gasteiger partial charge is 0.497 e. The molecule has 7 nitrogen and oxygen atoms in total. The lowest BCUT2D eigenvalue weighted by Gasteiger charge is -2.26. The molecule has 1 aliphatic rings. The molecule has 1 aliphatic heterocycles. The second-order valence-electron chi connectivity index (χ2n) is 6.43. The number of ether oxygens (including phenoxy) is 2. The van der Waals surface area contributed by atoms with Crippen LogP contribution >= 0.6 is 0 Å². The number of benzene rings is 2. The van der Waals surface area contributed by atoms with Gasteiger partial charge in [-0.2, -0.15) is 0 Å². The van der Waals surface area contributed by atoms with Crippen LogP contribution in [0, 0.1) is 0 Å². The minimum atomic E-state index is -0.490. The maximum Gasteiger partial charge on any atom is 0.337 e. The molecule has 0 aliphatic carbocycles. The Hall–Kier alpha value is -3.87. The Kier molecular flexibility index (Phi) is 4.87. The molecule has 1 unspecified atom stereocenters. The molecule has 146 valence electrons. The van der Waals surface area contributed by atoms with E-state index in [-0.39, 0.29) is 5.91 Å². The molecule has 3 aromatic rings. The van der Waals surface area contributed by atoms with Gasteiger partial charge in [-0.25, -0.2) is 4.79 Å². The first-order valence-corrected chi connectivity index (χ1v) is 9.00. The fraction of sp³-hybridized carbons (Fsp3) is 0.136. The van der Waals surface area contributed by atoms with Gasteiger partial charge in [-0.15, -0.1) is 0 Å². The Bertz CT molecular complexity index is 1050. The van der Waals surface area contributed by atoms with Crippen molar-refractivity contribution in [3.05, 3.63) is 83.7 Å². The van der Waals surface area contributed by atoms with Crippen LogP contribution in [0.5, 0.6) is 5.75 Å². The monoisotopic (exact) mass is 389 g/mol. The molecular weight excluding hydrogens is 370 g/mol. The van der Waals surface area contributed by atoms with Crippen molar-refractivity contribution in [3.8, 4) is 5.75 Å². The number of hydrogen-bond acceptors (Lipinski definition) is 6. The van der Waals surface area contributed by atoms with Gasteiger partial charge in [-0.3, -0.25) is 14.7 Å². The van der Waals surface area contributed by atoms with Gasteiger partial charge in [0.05, 0.1) is 31.0 Å². The minimum absolute atomic E-state index is 0.137. The second kappa shape index (κ2) is 7.63. The smallest absolute Gasteiger partial charge is 0.337 e. The van der Waals surface area contributed by atoms with Crippen LogP contribution in [0.4, 0.5) is 11.4 Å². The number of rotatable bonds is 5. The Labute approximate surface area is 167 Å². The molecule has 1 amide bonds.